The van der Waals surface area contributed by atoms with E-state index in [-0.39, 0.29) is 5.91 Å². The lowest BCUT2D eigenvalue weighted by atomic mass is 10.1. The fourth-order valence-corrected chi connectivity index (χ4v) is 3.60. The van der Waals surface area contributed by atoms with Crippen LogP contribution >= 0.6 is 15.9 Å². The van der Waals surface area contributed by atoms with Crippen LogP contribution in [0.2, 0.25) is 0 Å². The standard InChI is InChI=1S/C21H16BrN3O/c1-25-19-9-5-3-6-15(19)17-12-14(10-11-20(17)25)13-23-24-21(26)16-7-2-4-8-18(16)22/h2-13H,1H3,(H,24,26). The first-order valence-corrected chi connectivity index (χ1v) is 8.99. The molecular weight excluding hydrogens is 390 g/mol. The van der Waals surface area contributed by atoms with Gasteiger partial charge in [-0.05, 0) is 51.8 Å². The first-order valence-electron chi connectivity index (χ1n) is 8.20. The molecule has 128 valence electrons. The monoisotopic (exact) mass is 405 g/mol. The minimum Gasteiger partial charge on any atom is -0.344 e. The predicted molar refractivity (Wildman–Crippen MR) is 110 cm³/mol. The number of nitrogens with zero attached hydrogens (tertiary/aromatic N) is 2. The Bertz CT molecular complexity index is 1160. The number of carbonyl (C=O) groups is 1. The van der Waals surface area contributed by atoms with Gasteiger partial charge in [0.2, 0.25) is 0 Å². The molecule has 0 fully saturated rings. The van der Waals surface area contributed by atoms with Crippen molar-refractivity contribution in [1.82, 2.24) is 9.99 Å². The number of hydrogen-bond donors (Lipinski definition) is 1. The summed E-state index contributed by atoms with van der Waals surface area (Å²) in [6, 6.07) is 21.7. The van der Waals surface area contributed by atoms with Gasteiger partial charge in [-0.15, -0.1) is 0 Å². The summed E-state index contributed by atoms with van der Waals surface area (Å²) in [5, 5.41) is 6.48. The topological polar surface area (TPSA) is 46.4 Å². The summed E-state index contributed by atoms with van der Waals surface area (Å²) in [6.07, 6.45) is 1.66. The van der Waals surface area contributed by atoms with E-state index in [4.69, 9.17) is 0 Å². The quantitative estimate of drug-likeness (QED) is 0.384. The summed E-state index contributed by atoms with van der Waals surface area (Å²) < 4.78 is 2.92. The number of halogens is 1. The van der Waals surface area contributed by atoms with Gasteiger partial charge < -0.3 is 4.57 Å². The highest BCUT2D eigenvalue weighted by atomic mass is 79.9. The Balaban J connectivity index is 1.61. The summed E-state index contributed by atoms with van der Waals surface area (Å²) in [6.45, 7) is 0. The zero-order chi connectivity index (χ0) is 18.1. The van der Waals surface area contributed by atoms with Gasteiger partial charge in [-0.25, -0.2) is 5.43 Å². The smallest absolute Gasteiger partial charge is 0.272 e. The van der Waals surface area contributed by atoms with E-state index < -0.39 is 0 Å². The lowest BCUT2D eigenvalue weighted by molar-refractivity contribution is 0.0954. The number of hydrogen-bond acceptors (Lipinski definition) is 2. The lowest BCUT2D eigenvalue weighted by Gasteiger charge is -2.02. The molecule has 0 aliphatic carbocycles. The van der Waals surface area contributed by atoms with Gasteiger partial charge in [0.1, 0.15) is 0 Å². The number of fused-ring (bicyclic) bond motifs is 3. The van der Waals surface area contributed by atoms with E-state index in [1.165, 1.54) is 21.8 Å². The molecule has 1 heterocycles. The van der Waals surface area contributed by atoms with Crippen molar-refractivity contribution in [2.45, 2.75) is 0 Å². The van der Waals surface area contributed by atoms with Crippen molar-refractivity contribution < 1.29 is 4.79 Å². The highest BCUT2D eigenvalue weighted by molar-refractivity contribution is 9.10. The highest BCUT2D eigenvalue weighted by Crippen LogP contribution is 2.28. The highest BCUT2D eigenvalue weighted by Gasteiger charge is 2.09. The largest absolute Gasteiger partial charge is 0.344 e. The van der Waals surface area contributed by atoms with Crippen LogP contribution in [0.3, 0.4) is 0 Å². The van der Waals surface area contributed by atoms with E-state index in [0.717, 1.165) is 10.0 Å². The molecule has 0 radical (unpaired) electrons. The maximum absolute atomic E-state index is 12.2. The molecule has 0 aliphatic heterocycles. The minimum absolute atomic E-state index is 0.250. The van der Waals surface area contributed by atoms with Crippen LogP contribution in [0.4, 0.5) is 0 Å². The van der Waals surface area contributed by atoms with Crippen molar-refractivity contribution in [2.75, 3.05) is 0 Å². The number of aryl methyl sites for hydroxylation is 1. The van der Waals surface area contributed by atoms with E-state index in [2.05, 4.69) is 62.3 Å². The van der Waals surface area contributed by atoms with E-state index in [0.29, 0.717) is 5.56 Å². The van der Waals surface area contributed by atoms with E-state index >= 15 is 0 Å². The van der Waals surface area contributed by atoms with Gasteiger partial charge >= 0.3 is 0 Å². The van der Waals surface area contributed by atoms with Gasteiger partial charge in [0, 0.05) is 33.3 Å². The number of hydrazone groups is 1. The molecule has 3 aromatic carbocycles. The first-order chi connectivity index (χ1) is 12.6. The van der Waals surface area contributed by atoms with Crippen LogP contribution in [0.1, 0.15) is 15.9 Å². The third kappa shape index (κ3) is 2.91. The van der Waals surface area contributed by atoms with Crippen molar-refractivity contribution in [3.05, 3.63) is 82.3 Å². The van der Waals surface area contributed by atoms with Crippen LogP contribution in [-0.4, -0.2) is 16.7 Å². The first kappa shape index (κ1) is 16.5. The van der Waals surface area contributed by atoms with Gasteiger partial charge in [-0.1, -0.05) is 36.4 Å². The number of nitrogens with one attached hydrogen (secondary N) is 1. The van der Waals surface area contributed by atoms with Crippen molar-refractivity contribution >= 4 is 49.9 Å². The Kier molecular flexibility index (Phi) is 4.31. The van der Waals surface area contributed by atoms with Crippen LogP contribution in [0, 0.1) is 0 Å². The van der Waals surface area contributed by atoms with Gasteiger partial charge in [0.25, 0.3) is 5.91 Å². The number of amides is 1. The van der Waals surface area contributed by atoms with Crippen molar-refractivity contribution in [3.8, 4) is 0 Å². The zero-order valence-electron chi connectivity index (χ0n) is 14.1. The Labute approximate surface area is 159 Å². The second-order valence-corrected chi connectivity index (χ2v) is 6.89. The van der Waals surface area contributed by atoms with Crippen molar-refractivity contribution in [2.24, 2.45) is 12.1 Å². The van der Waals surface area contributed by atoms with Gasteiger partial charge in [-0.2, -0.15) is 5.10 Å². The summed E-state index contributed by atoms with van der Waals surface area (Å²) in [5.74, 6) is -0.250. The number of aromatic nitrogens is 1. The predicted octanol–water partition coefficient (Wildman–Crippen LogP) is 4.86. The summed E-state index contributed by atoms with van der Waals surface area (Å²) in [5.41, 5.74) is 6.42. The average Bonchev–Trinajstić information content (AvgIpc) is 2.95. The van der Waals surface area contributed by atoms with Crippen LogP contribution in [0.15, 0.2) is 76.3 Å². The molecule has 1 aromatic heterocycles. The zero-order valence-corrected chi connectivity index (χ0v) is 15.7. The summed E-state index contributed by atoms with van der Waals surface area (Å²) in [4.78, 5) is 12.2. The molecule has 4 nitrogen and oxygen atoms in total. The molecule has 1 amide bonds. The number of para-hydroxylation sites is 1. The van der Waals surface area contributed by atoms with E-state index in [9.17, 15) is 4.79 Å². The molecule has 1 N–H and O–H groups in total. The molecule has 0 saturated heterocycles. The van der Waals surface area contributed by atoms with Crippen LogP contribution in [0.25, 0.3) is 21.8 Å². The second kappa shape index (κ2) is 6.77. The van der Waals surface area contributed by atoms with Crippen LogP contribution < -0.4 is 5.43 Å². The molecular formula is C21H16BrN3O. The molecule has 0 bridgehead atoms. The summed E-state index contributed by atoms with van der Waals surface area (Å²) >= 11 is 3.37. The van der Waals surface area contributed by atoms with E-state index in [1.54, 1.807) is 12.3 Å². The second-order valence-electron chi connectivity index (χ2n) is 6.03. The van der Waals surface area contributed by atoms with Crippen molar-refractivity contribution in [1.29, 1.82) is 0 Å². The minimum atomic E-state index is -0.250. The van der Waals surface area contributed by atoms with Gasteiger partial charge in [0.15, 0.2) is 0 Å². The molecule has 0 aliphatic rings. The Hall–Kier alpha value is -2.92. The normalized spacial score (nSPS) is 11.5. The summed E-state index contributed by atoms with van der Waals surface area (Å²) in [7, 11) is 2.07. The van der Waals surface area contributed by atoms with Gasteiger partial charge in [-0.3, -0.25) is 4.79 Å². The van der Waals surface area contributed by atoms with Crippen molar-refractivity contribution in [3.63, 3.8) is 0 Å². The Morgan fingerprint density at radius 3 is 2.58 bits per heavy atom. The Morgan fingerprint density at radius 1 is 1.00 bits per heavy atom. The van der Waals surface area contributed by atoms with Crippen LogP contribution in [-0.2, 0) is 7.05 Å². The molecule has 5 heteroatoms. The fraction of sp³-hybridized carbons (Fsp3) is 0.0476. The lowest BCUT2D eigenvalue weighted by Crippen LogP contribution is -2.18. The molecule has 0 atom stereocenters. The molecule has 0 unspecified atom stereocenters. The number of benzene rings is 3. The molecule has 0 spiro atoms. The fourth-order valence-electron chi connectivity index (χ4n) is 3.14. The molecule has 4 aromatic rings. The van der Waals surface area contributed by atoms with E-state index in [1.807, 2.05) is 36.4 Å². The molecule has 0 saturated carbocycles. The van der Waals surface area contributed by atoms with Crippen LogP contribution in [0.5, 0.6) is 0 Å². The number of carbonyl (C=O) groups excluding carboxylic acids is 1. The molecule has 4 rings (SSSR count). The molecule has 26 heavy (non-hydrogen) atoms. The SMILES string of the molecule is Cn1c2ccccc2c2cc(C=NNC(=O)c3ccccc3Br)ccc21. The van der Waals surface area contributed by atoms with Gasteiger partial charge in [0.05, 0.1) is 11.8 Å². The average molecular weight is 406 g/mol. The third-order valence-corrected chi connectivity index (χ3v) is 5.13. The Morgan fingerprint density at radius 2 is 1.73 bits per heavy atom. The third-order valence-electron chi connectivity index (χ3n) is 4.44. The number of rotatable bonds is 3. The maximum Gasteiger partial charge on any atom is 0.272 e. The maximum atomic E-state index is 12.2.